The maximum Gasteiger partial charge on any atom is 0.0307 e. The van der Waals surface area contributed by atoms with Crippen molar-refractivity contribution in [3.63, 3.8) is 0 Å². The van der Waals surface area contributed by atoms with Crippen molar-refractivity contribution in [2.45, 2.75) is 58.0 Å². The molecule has 1 aromatic rings. The van der Waals surface area contributed by atoms with Gasteiger partial charge in [-0.25, -0.2) is 0 Å². The van der Waals surface area contributed by atoms with Crippen LogP contribution in [0.25, 0.3) is 0 Å². The van der Waals surface area contributed by atoms with Gasteiger partial charge in [0.15, 0.2) is 0 Å². The Hall–Kier alpha value is -0.380. The first-order valence-corrected chi connectivity index (χ1v) is 8.88. The van der Waals surface area contributed by atoms with E-state index >= 15 is 0 Å². The summed E-state index contributed by atoms with van der Waals surface area (Å²) in [7, 11) is 2.26. The highest BCUT2D eigenvalue weighted by Crippen LogP contribution is 2.36. The van der Waals surface area contributed by atoms with E-state index in [-0.39, 0.29) is 6.04 Å². The predicted molar refractivity (Wildman–Crippen MR) is 94.4 cm³/mol. The summed E-state index contributed by atoms with van der Waals surface area (Å²) in [6.07, 6.45) is 6.37. The van der Waals surface area contributed by atoms with Crippen LogP contribution in [-0.2, 0) is 0 Å². The van der Waals surface area contributed by atoms with Gasteiger partial charge in [-0.05, 0) is 68.8 Å². The minimum Gasteiger partial charge on any atom is -0.324 e. The standard InChI is InChI=1S/C18H29BrN2/c1-18(2)10-7-16(8-11-18)21(3)12-9-17(20)14-5-4-6-15(19)13-14/h4-6,13,16-17H,7-12,20H2,1-3H3. The molecular weight excluding hydrogens is 324 g/mol. The average Bonchev–Trinajstić information content (AvgIpc) is 2.44. The highest BCUT2D eigenvalue weighted by atomic mass is 79.9. The van der Waals surface area contributed by atoms with E-state index in [1.807, 2.05) is 6.07 Å². The fraction of sp³-hybridized carbons (Fsp3) is 0.667. The van der Waals surface area contributed by atoms with Crippen molar-refractivity contribution in [1.82, 2.24) is 4.90 Å². The van der Waals surface area contributed by atoms with E-state index in [0.717, 1.165) is 23.5 Å². The molecule has 0 bridgehead atoms. The third-order valence-corrected chi connectivity index (χ3v) is 5.49. The Morgan fingerprint density at radius 2 is 2.00 bits per heavy atom. The molecule has 2 nitrogen and oxygen atoms in total. The summed E-state index contributed by atoms with van der Waals surface area (Å²) < 4.78 is 1.11. The Kier molecular flexibility index (Phi) is 5.87. The van der Waals surface area contributed by atoms with Gasteiger partial charge in [-0.3, -0.25) is 0 Å². The summed E-state index contributed by atoms with van der Waals surface area (Å²) in [6, 6.07) is 9.24. The number of nitrogens with zero attached hydrogens (tertiary/aromatic N) is 1. The van der Waals surface area contributed by atoms with Gasteiger partial charge >= 0.3 is 0 Å². The molecule has 118 valence electrons. The third-order valence-electron chi connectivity index (χ3n) is 5.00. The second-order valence-electron chi connectivity index (χ2n) is 7.33. The molecular formula is C18H29BrN2. The largest absolute Gasteiger partial charge is 0.324 e. The minimum absolute atomic E-state index is 0.130. The van der Waals surface area contributed by atoms with Crippen LogP contribution in [0.15, 0.2) is 28.7 Å². The summed E-state index contributed by atoms with van der Waals surface area (Å²) in [6.45, 7) is 5.87. The van der Waals surface area contributed by atoms with Gasteiger partial charge < -0.3 is 10.6 Å². The Balaban J connectivity index is 1.80. The number of nitrogens with two attached hydrogens (primary N) is 1. The minimum atomic E-state index is 0.130. The van der Waals surface area contributed by atoms with Gasteiger partial charge in [0.05, 0.1) is 0 Å². The monoisotopic (exact) mass is 352 g/mol. The SMILES string of the molecule is CN(CCC(N)c1cccc(Br)c1)C1CCC(C)(C)CC1. The molecule has 2 N–H and O–H groups in total. The molecule has 2 rings (SSSR count). The molecule has 0 saturated heterocycles. The molecule has 0 amide bonds. The van der Waals surface area contributed by atoms with Crippen LogP contribution in [0, 0.1) is 5.41 Å². The topological polar surface area (TPSA) is 29.3 Å². The number of benzene rings is 1. The Morgan fingerprint density at radius 3 is 2.62 bits per heavy atom. The second-order valence-corrected chi connectivity index (χ2v) is 8.24. The lowest BCUT2D eigenvalue weighted by molar-refractivity contribution is 0.125. The van der Waals surface area contributed by atoms with Crippen LogP contribution in [0.4, 0.5) is 0 Å². The molecule has 1 unspecified atom stereocenters. The van der Waals surface area contributed by atoms with Crippen molar-refractivity contribution in [2.24, 2.45) is 11.1 Å². The lowest BCUT2D eigenvalue weighted by atomic mass is 9.75. The average molecular weight is 353 g/mol. The first-order valence-electron chi connectivity index (χ1n) is 8.09. The summed E-state index contributed by atoms with van der Waals surface area (Å²) >= 11 is 3.52. The Labute approximate surface area is 138 Å². The van der Waals surface area contributed by atoms with Crippen LogP contribution in [0.3, 0.4) is 0 Å². The molecule has 0 heterocycles. The van der Waals surface area contributed by atoms with Gasteiger partial charge in [0, 0.05) is 16.6 Å². The molecule has 1 fully saturated rings. The summed E-state index contributed by atoms with van der Waals surface area (Å²) in [4.78, 5) is 2.52. The van der Waals surface area contributed by atoms with E-state index in [9.17, 15) is 0 Å². The van der Waals surface area contributed by atoms with Gasteiger partial charge in [0.25, 0.3) is 0 Å². The lowest BCUT2D eigenvalue weighted by Crippen LogP contribution is -2.38. The first kappa shape index (κ1) is 17.0. The maximum atomic E-state index is 6.34. The number of hydrogen-bond acceptors (Lipinski definition) is 2. The molecule has 1 aromatic carbocycles. The van der Waals surface area contributed by atoms with Crippen LogP contribution >= 0.6 is 15.9 Å². The second kappa shape index (κ2) is 7.26. The number of rotatable bonds is 5. The van der Waals surface area contributed by atoms with E-state index in [1.165, 1.54) is 31.2 Å². The Bertz CT molecular complexity index is 448. The van der Waals surface area contributed by atoms with Gasteiger partial charge in [0.2, 0.25) is 0 Å². The summed E-state index contributed by atoms with van der Waals surface area (Å²) in [5.41, 5.74) is 8.11. The van der Waals surface area contributed by atoms with Gasteiger partial charge in [-0.15, -0.1) is 0 Å². The number of hydrogen-bond donors (Lipinski definition) is 1. The molecule has 1 atom stereocenters. The van der Waals surface area contributed by atoms with Gasteiger partial charge in [-0.1, -0.05) is 41.9 Å². The molecule has 0 aliphatic heterocycles. The molecule has 0 spiro atoms. The summed E-state index contributed by atoms with van der Waals surface area (Å²) in [5, 5.41) is 0. The smallest absolute Gasteiger partial charge is 0.0307 e. The normalized spacial score (nSPS) is 20.7. The fourth-order valence-electron chi connectivity index (χ4n) is 3.25. The highest BCUT2D eigenvalue weighted by molar-refractivity contribution is 9.10. The van der Waals surface area contributed by atoms with Crippen LogP contribution in [0.5, 0.6) is 0 Å². The lowest BCUT2D eigenvalue weighted by Gasteiger charge is -2.39. The van der Waals surface area contributed by atoms with Crippen molar-refractivity contribution in [3.8, 4) is 0 Å². The van der Waals surface area contributed by atoms with E-state index in [2.05, 4.69) is 59.9 Å². The number of halogens is 1. The Morgan fingerprint density at radius 1 is 1.33 bits per heavy atom. The van der Waals surface area contributed by atoms with E-state index in [4.69, 9.17) is 5.73 Å². The summed E-state index contributed by atoms with van der Waals surface area (Å²) in [5.74, 6) is 0. The molecule has 1 aliphatic carbocycles. The quantitative estimate of drug-likeness (QED) is 0.828. The van der Waals surface area contributed by atoms with Crippen LogP contribution < -0.4 is 5.73 Å². The zero-order valence-corrected chi connectivity index (χ0v) is 15.2. The zero-order chi connectivity index (χ0) is 15.5. The first-order chi connectivity index (χ1) is 9.87. The third kappa shape index (κ3) is 5.08. The van der Waals surface area contributed by atoms with Gasteiger partial charge in [-0.2, -0.15) is 0 Å². The van der Waals surface area contributed by atoms with Crippen molar-refractivity contribution < 1.29 is 0 Å². The molecule has 0 radical (unpaired) electrons. The van der Waals surface area contributed by atoms with Crippen LogP contribution in [-0.4, -0.2) is 24.5 Å². The van der Waals surface area contributed by atoms with Crippen molar-refractivity contribution in [2.75, 3.05) is 13.6 Å². The zero-order valence-electron chi connectivity index (χ0n) is 13.6. The maximum absolute atomic E-state index is 6.34. The molecule has 1 aliphatic rings. The van der Waals surface area contributed by atoms with Crippen LogP contribution in [0.1, 0.15) is 57.6 Å². The highest BCUT2D eigenvalue weighted by Gasteiger charge is 2.28. The van der Waals surface area contributed by atoms with Crippen molar-refractivity contribution in [3.05, 3.63) is 34.3 Å². The van der Waals surface area contributed by atoms with E-state index in [1.54, 1.807) is 0 Å². The van der Waals surface area contributed by atoms with Crippen molar-refractivity contribution in [1.29, 1.82) is 0 Å². The molecule has 3 heteroatoms. The predicted octanol–water partition coefficient (Wildman–Crippen LogP) is 4.74. The molecule has 21 heavy (non-hydrogen) atoms. The molecule has 1 saturated carbocycles. The van der Waals surface area contributed by atoms with Gasteiger partial charge in [0.1, 0.15) is 0 Å². The van der Waals surface area contributed by atoms with E-state index < -0.39 is 0 Å². The molecule has 0 aromatic heterocycles. The van der Waals surface area contributed by atoms with E-state index in [0.29, 0.717) is 5.41 Å². The fourth-order valence-corrected chi connectivity index (χ4v) is 3.67. The van der Waals surface area contributed by atoms with Crippen LogP contribution in [0.2, 0.25) is 0 Å². The van der Waals surface area contributed by atoms with Crippen molar-refractivity contribution >= 4 is 15.9 Å².